The van der Waals surface area contributed by atoms with Gasteiger partial charge >= 0.3 is 0 Å². The molecule has 0 aliphatic heterocycles. The first-order valence-corrected chi connectivity index (χ1v) is 6.52. The SMILES string of the molecule is Cc1cccc(C)c1CN[C@H](C)c1ccccc1. The average Bonchev–Trinajstić information content (AvgIpc) is 2.39. The van der Waals surface area contributed by atoms with E-state index >= 15 is 0 Å². The van der Waals surface area contributed by atoms with Gasteiger partial charge in [0.25, 0.3) is 0 Å². The minimum absolute atomic E-state index is 0.380. The second-order valence-corrected chi connectivity index (χ2v) is 4.88. The van der Waals surface area contributed by atoms with Gasteiger partial charge in [-0.05, 0) is 43.0 Å². The summed E-state index contributed by atoms with van der Waals surface area (Å²) in [4.78, 5) is 0. The van der Waals surface area contributed by atoms with Gasteiger partial charge in [0.2, 0.25) is 0 Å². The normalized spacial score (nSPS) is 12.4. The lowest BCUT2D eigenvalue weighted by atomic mass is 10.0. The Balaban J connectivity index is 2.04. The van der Waals surface area contributed by atoms with Crippen LogP contribution in [-0.2, 0) is 6.54 Å². The summed E-state index contributed by atoms with van der Waals surface area (Å²) in [6.07, 6.45) is 0. The van der Waals surface area contributed by atoms with Crippen LogP contribution in [0.4, 0.5) is 0 Å². The maximum absolute atomic E-state index is 3.60. The number of aryl methyl sites for hydroxylation is 2. The molecule has 1 nitrogen and oxygen atoms in total. The van der Waals surface area contributed by atoms with Gasteiger partial charge in [0, 0.05) is 12.6 Å². The highest BCUT2D eigenvalue weighted by Gasteiger charge is 2.06. The van der Waals surface area contributed by atoms with E-state index in [0.29, 0.717) is 6.04 Å². The van der Waals surface area contributed by atoms with Crippen LogP contribution in [-0.4, -0.2) is 0 Å². The fraction of sp³-hybridized carbons (Fsp3) is 0.294. The maximum Gasteiger partial charge on any atom is 0.0294 e. The van der Waals surface area contributed by atoms with Gasteiger partial charge in [-0.25, -0.2) is 0 Å². The van der Waals surface area contributed by atoms with Crippen LogP contribution in [0.25, 0.3) is 0 Å². The van der Waals surface area contributed by atoms with E-state index in [0.717, 1.165) is 6.54 Å². The quantitative estimate of drug-likeness (QED) is 0.845. The molecule has 1 heteroatoms. The lowest BCUT2D eigenvalue weighted by molar-refractivity contribution is 0.572. The van der Waals surface area contributed by atoms with Crippen LogP contribution in [0.15, 0.2) is 48.5 Å². The second-order valence-electron chi connectivity index (χ2n) is 4.88. The molecule has 0 aliphatic rings. The van der Waals surface area contributed by atoms with Gasteiger partial charge in [0.05, 0.1) is 0 Å². The third kappa shape index (κ3) is 2.99. The van der Waals surface area contributed by atoms with Crippen molar-refractivity contribution in [3.05, 3.63) is 70.8 Å². The van der Waals surface area contributed by atoms with E-state index in [1.54, 1.807) is 0 Å². The Hall–Kier alpha value is -1.60. The standard InChI is InChI=1S/C17H21N/c1-13-8-7-9-14(2)17(13)12-18-15(3)16-10-5-4-6-11-16/h4-11,15,18H,12H2,1-3H3/t15-/m1/s1. The van der Waals surface area contributed by atoms with Crippen molar-refractivity contribution >= 4 is 0 Å². The zero-order chi connectivity index (χ0) is 13.0. The molecule has 0 radical (unpaired) electrons. The third-order valence-electron chi connectivity index (χ3n) is 3.53. The van der Waals surface area contributed by atoms with Crippen LogP contribution < -0.4 is 5.32 Å². The number of benzene rings is 2. The van der Waals surface area contributed by atoms with Gasteiger partial charge in [-0.3, -0.25) is 0 Å². The molecule has 0 aliphatic carbocycles. The Bertz CT molecular complexity index is 482. The summed E-state index contributed by atoms with van der Waals surface area (Å²) in [7, 11) is 0. The summed E-state index contributed by atoms with van der Waals surface area (Å²) < 4.78 is 0. The van der Waals surface area contributed by atoms with E-state index < -0.39 is 0 Å². The largest absolute Gasteiger partial charge is 0.306 e. The molecule has 1 N–H and O–H groups in total. The van der Waals surface area contributed by atoms with Gasteiger partial charge in [0.1, 0.15) is 0 Å². The number of rotatable bonds is 4. The molecule has 18 heavy (non-hydrogen) atoms. The molecule has 94 valence electrons. The van der Waals surface area contributed by atoms with Crippen molar-refractivity contribution in [2.24, 2.45) is 0 Å². The highest BCUT2D eigenvalue weighted by molar-refractivity contribution is 5.33. The maximum atomic E-state index is 3.60. The smallest absolute Gasteiger partial charge is 0.0294 e. The molecule has 0 saturated heterocycles. The summed E-state index contributed by atoms with van der Waals surface area (Å²) in [5.74, 6) is 0. The Morgan fingerprint density at radius 1 is 0.889 bits per heavy atom. The van der Waals surface area contributed by atoms with Gasteiger partial charge in [-0.1, -0.05) is 48.5 Å². The minimum Gasteiger partial charge on any atom is -0.306 e. The van der Waals surface area contributed by atoms with Crippen LogP contribution in [0.2, 0.25) is 0 Å². The molecule has 2 rings (SSSR count). The Morgan fingerprint density at radius 2 is 1.50 bits per heavy atom. The molecule has 0 amide bonds. The second kappa shape index (κ2) is 5.83. The lowest BCUT2D eigenvalue weighted by Gasteiger charge is -2.16. The van der Waals surface area contributed by atoms with Crippen molar-refractivity contribution in [2.75, 3.05) is 0 Å². The Kier molecular flexibility index (Phi) is 4.16. The van der Waals surface area contributed by atoms with Crippen LogP contribution in [0.5, 0.6) is 0 Å². The van der Waals surface area contributed by atoms with E-state index in [1.807, 2.05) is 0 Å². The van der Waals surface area contributed by atoms with Gasteiger partial charge < -0.3 is 5.32 Å². The predicted octanol–water partition coefficient (Wildman–Crippen LogP) is 4.15. The highest BCUT2D eigenvalue weighted by Crippen LogP contribution is 2.16. The van der Waals surface area contributed by atoms with Crippen LogP contribution in [0, 0.1) is 13.8 Å². The van der Waals surface area contributed by atoms with Crippen molar-refractivity contribution in [1.29, 1.82) is 0 Å². The number of nitrogens with one attached hydrogen (secondary N) is 1. The molecule has 0 spiro atoms. The predicted molar refractivity (Wildman–Crippen MR) is 77.6 cm³/mol. The summed E-state index contributed by atoms with van der Waals surface area (Å²) in [6, 6.07) is 17.4. The van der Waals surface area contributed by atoms with Crippen LogP contribution in [0.1, 0.15) is 35.2 Å². The van der Waals surface area contributed by atoms with E-state index in [9.17, 15) is 0 Å². The molecule has 0 fully saturated rings. The zero-order valence-electron chi connectivity index (χ0n) is 11.4. The summed E-state index contributed by atoms with van der Waals surface area (Å²) >= 11 is 0. The van der Waals surface area contributed by atoms with E-state index in [2.05, 4.69) is 74.6 Å². The molecule has 2 aromatic rings. The van der Waals surface area contributed by atoms with Crippen LogP contribution >= 0.6 is 0 Å². The highest BCUT2D eigenvalue weighted by atomic mass is 14.9. The molecule has 0 bridgehead atoms. The minimum atomic E-state index is 0.380. The van der Waals surface area contributed by atoms with Crippen molar-refractivity contribution in [3.8, 4) is 0 Å². The first-order valence-electron chi connectivity index (χ1n) is 6.52. The van der Waals surface area contributed by atoms with E-state index in [-0.39, 0.29) is 0 Å². The summed E-state index contributed by atoms with van der Waals surface area (Å²) in [5.41, 5.74) is 5.48. The lowest BCUT2D eigenvalue weighted by Crippen LogP contribution is -2.19. The fourth-order valence-corrected chi connectivity index (χ4v) is 2.24. The van der Waals surface area contributed by atoms with E-state index in [1.165, 1.54) is 22.3 Å². The topological polar surface area (TPSA) is 12.0 Å². The molecule has 0 unspecified atom stereocenters. The van der Waals surface area contributed by atoms with Crippen molar-refractivity contribution < 1.29 is 0 Å². The molecular formula is C17H21N. The van der Waals surface area contributed by atoms with Gasteiger partial charge in [0.15, 0.2) is 0 Å². The number of hydrogen-bond donors (Lipinski definition) is 1. The Labute approximate surface area is 110 Å². The molecule has 0 saturated carbocycles. The molecule has 1 atom stereocenters. The van der Waals surface area contributed by atoms with Crippen molar-refractivity contribution in [1.82, 2.24) is 5.32 Å². The first kappa shape index (κ1) is 12.8. The van der Waals surface area contributed by atoms with Gasteiger partial charge in [-0.15, -0.1) is 0 Å². The van der Waals surface area contributed by atoms with E-state index in [4.69, 9.17) is 0 Å². The van der Waals surface area contributed by atoms with Gasteiger partial charge in [-0.2, -0.15) is 0 Å². The Morgan fingerprint density at radius 3 is 2.11 bits per heavy atom. The zero-order valence-corrected chi connectivity index (χ0v) is 11.4. The third-order valence-corrected chi connectivity index (χ3v) is 3.53. The monoisotopic (exact) mass is 239 g/mol. The fourth-order valence-electron chi connectivity index (χ4n) is 2.24. The van der Waals surface area contributed by atoms with Crippen molar-refractivity contribution in [3.63, 3.8) is 0 Å². The average molecular weight is 239 g/mol. The van der Waals surface area contributed by atoms with Crippen LogP contribution in [0.3, 0.4) is 0 Å². The summed E-state index contributed by atoms with van der Waals surface area (Å²) in [5, 5.41) is 3.60. The summed E-state index contributed by atoms with van der Waals surface area (Å²) in [6.45, 7) is 7.49. The number of hydrogen-bond acceptors (Lipinski definition) is 1. The molecule has 0 heterocycles. The first-order chi connectivity index (χ1) is 8.68. The molecule has 2 aromatic carbocycles. The molecular weight excluding hydrogens is 218 g/mol. The molecule has 0 aromatic heterocycles. The van der Waals surface area contributed by atoms with Crippen molar-refractivity contribution in [2.45, 2.75) is 33.4 Å².